The number of sulfone groups is 1. The van der Waals surface area contributed by atoms with Gasteiger partial charge < -0.3 is 5.32 Å². The van der Waals surface area contributed by atoms with Gasteiger partial charge >= 0.3 is 0 Å². The lowest BCUT2D eigenvalue weighted by atomic mass is 10.1. The van der Waals surface area contributed by atoms with E-state index >= 15 is 0 Å². The van der Waals surface area contributed by atoms with Crippen molar-refractivity contribution >= 4 is 15.7 Å². The summed E-state index contributed by atoms with van der Waals surface area (Å²) in [7, 11) is -3.53. The van der Waals surface area contributed by atoms with Gasteiger partial charge in [-0.3, -0.25) is 4.79 Å². The van der Waals surface area contributed by atoms with Gasteiger partial charge in [-0.15, -0.1) is 0 Å². The molecule has 0 aliphatic carbocycles. The predicted octanol–water partition coefficient (Wildman–Crippen LogP) is 3.12. The second kappa shape index (κ2) is 8.20. The molecule has 0 bridgehead atoms. The van der Waals surface area contributed by atoms with Gasteiger partial charge in [-0.05, 0) is 42.7 Å². The molecule has 0 aromatic heterocycles. The largest absolute Gasteiger partial charge is 0.352 e. The Balaban J connectivity index is 2.09. The minimum Gasteiger partial charge on any atom is -0.352 e. The van der Waals surface area contributed by atoms with Crippen LogP contribution >= 0.6 is 0 Å². The number of rotatable bonds is 7. The van der Waals surface area contributed by atoms with E-state index in [4.69, 9.17) is 0 Å². The van der Waals surface area contributed by atoms with E-state index in [2.05, 4.69) is 5.32 Å². The zero-order valence-corrected chi connectivity index (χ0v) is 14.6. The fourth-order valence-corrected chi connectivity index (χ4v) is 4.01. The lowest BCUT2D eigenvalue weighted by Crippen LogP contribution is -2.27. The zero-order chi connectivity index (χ0) is 18.4. The van der Waals surface area contributed by atoms with E-state index in [1.807, 2.05) is 0 Å². The molecule has 0 heterocycles. The second-order valence-electron chi connectivity index (χ2n) is 5.60. The highest BCUT2D eigenvalue weighted by Gasteiger charge is 2.21. The van der Waals surface area contributed by atoms with Crippen LogP contribution in [0.4, 0.5) is 8.78 Å². The second-order valence-corrected chi connectivity index (χ2v) is 7.68. The van der Waals surface area contributed by atoms with Crippen LogP contribution in [0.3, 0.4) is 0 Å². The van der Waals surface area contributed by atoms with Crippen molar-refractivity contribution in [3.63, 3.8) is 0 Å². The van der Waals surface area contributed by atoms with E-state index in [0.29, 0.717) is 12.0 Å². The minimum absolute atomic E-state index is 0.00819. The van der Waals surface area contributed by atoms with E-state index in [1.165, 1.54) is 24.3 Å². The first kappa shape index (κ1) is 19.1. The van der Waals surface area contributed by atoms with Crippen molar-refractivity contribution in [2.24, 2.45) is 0 Å². The Morgan fingerprint density at radius 1 is 1.08 bits per heavy atom. The molecule has 25 heavy (non-hydrogen) atoms. The molecule has 4 nitrogen and oxygen atoms in total. The number of benzene rings is 2. The van der Waals surface area contributed by atoms with Gasteiger partial charge in [0.15, 0.2) is 9.84 Å². The summed E-state index contributed by atoms with van der Waals surface area (Å²) in [6.07, 6.45) is 0.674. The molecule has 134 valence electrons. The molecule has 0 saturated heterocycles. The summed E-state index contributed by atoms with van der Waals surface area (Å²) in [5.41, 5.74) is 0.478. The van der Waals surface area contributed by atoms with Crippen LogP contribution in [-0.4, -0.2) is 26.6 Å². The number of carbonyl (C=O) groups is 1. The Kier molecular flexibility index (Phi) is 6.25. The lowest BCUT2D eigenvalue weighted by Gasteiger charge is -2.10. The number of amides is 1. The first-order valence-electron chi connectivity index (χ1n) is 7.88. The van der Waals surface area contributed by atoms with Gasteiger partial charge in [0.2, 0.25) is 0 Å². The number of hydrogen-bond donors (Lipinski definition) is 1. The average molecular weight is 367 g/mol. The maximum absolute atomic E-state index is 13.1. The van der Waals surface area contributed by atoms with E-state index < -0.39 is 27.4 Å². The Bertz CT molecular complexity index is 846. The molecular formula is C18H19F2NO3S. The fraction of sp³-hybridized carbons (Fsp3) is 0.278. The molecule has 0 aliphatic rings. The molecule has 2 rings (SSSR count). The Hall–Kier alpha value is -2.28. The molecule has 0 atom stereocenters. The summed E-state index contributed by atoms with van der Waals surface area (Å²) in [5.74, 6) is -1.94. The van der Waals surface area contributed by atoms with Gasteiger partial charge in [0, 0.05) is 12.6 Å². The Labute approximate surface area is 145 Å². The number of halogens is 2. The van der Waals surface area contributed by atoms with Gasteiger partial charge in [0.05, 0.1) is 16.2 Å². The minimum atomic E-state index is -3.53. The summed E-state index contributed by atoms with van der Waals surface area (Å²) in [5, 5.41) is 2.59. The van der Waals surface area contributed by atoms with Crippen LogP contribution in [0.25, 0.3) is 0 Å². The number of carbonyl (C=O) groups excluding carboxylic acids is 1. The van der Waals surface area contributed by atoms with Gasteiger partial charge in [0.1, 0.15) is 11.6 Å². The Morgan fingerprint density at radius 3 is 2.36 bits per heavy atom. The van der Waals surface area contributed by atoms with Crippen LogP contribution in [0.2, 0.25) is 0 Å². The summed E-state index contributed by atoms with van der Waals surface area (Å²) in [4.78, 5) is 12.3. The normalized spacial score (nSPS) is 11.3. The van der Waals surface area contributed by atoms with Gasteiger partial charge in [-0.25, -0.2) is 17.2 Å². The average Bonchev–Trinajstić information content (AvgIpc) is 2.54. The molecule has 1 N–H and O–H groups in total. The number of nitrogens with one attached hydrogen (secondary N) is 1. The third-order valence-electron chi connectivity index (χ3n) is 3.56. The van der Waals surface area contributed by atoms with Crippen molar-refractivity contribution in [1.82, 2.24) is 5.32 Å². The van der Waals surface area contributed by atoms with E-state index in [-0.39, 0.29) is 29.2 Å². The molecule has 2 aromatic rings. The van der Waals surface area contributed by atoms with Gasteiger partial charge in [-0.2, -0.15) is 0 Å². The smallest absolute Gasteiger partial charge is 0.252 e. The van der Waals surface area contributed by atoms with Crippen LogP contribution in [0.5, 0.6) is 0 Å². The lowest BCUT2D eigenvalue weighted by molar-refractivity contribution is 0.0951. The first-order chi connectivity index (χ1) is 11.8. The SMILES string of the molecule is CCCS(=O)(=O)c1ccccc1C(=O)NCCc1cc(F)cc(F)c1. The van der Waals surface area contributed by atoms with Crippen molar-refractivity contribution in [1.29, 1.82) is 0 Å². The van der Waals surface area contributed by atoms with Crippen molar-refractivity contribution < 1.29 is 22.0 Å². The third-order valence-corrected chi connectivity index (χ3v) is 5.53. The molecule has 0 aliphatic heterocycles. The highest BCUT2D eigenvalue weighted by molar-refractivity contribution is 7.91. The van der Waals surface area contributed by atoms with Gasteiger partial charge in [-0.1, -0.05) is 19.1 Å². The van der Waals surface area contributed by atoms with Crippen LogP contribution in [0.1, 0.15) is 29.3 Å². The van der Waals surface area contributed by atoms with Crippen LogP contribution in [-0.2, 0) is 16.3 Å². The molecule has 0 unspecified atom stereocenters. The predicted molar refractivity (Wildman–Crippen MR) is 91.2 cm³/mol. The zero-order valence-electron chi connectivity index (χ0n) is 13.8. The molecule has 0 saturated carbocycles. The standard InChI is InChI=1S/C18H19F2NO3S/c1-2-9-25(23,24)17-6-4-3-5-16(17)18(22)21-8-7-13-10-14(19)12-15(20)11-13/h3-6,10-12H,2,7-9H2,1H3,(H,21,22). The quantitative estimate of drug-likeness (QED) is 0.818. The van der Waals surface area contributed by atoms with Crippen molar-refractivity contribution in [3.05, 3.63) is 65.2 Å². The monoisotopic (exact) mass is 367 g/mol. The van der Waals surface area contributed by atoms with Gasteiger partial charge in [0.25, 0.3) is 5.91 Å². The Morgan fingerprint density at radius 2 is 1.72 bits per heavy atom. The highest BCUT2D eigenvalue weighted by atomic mass is 32.2. The van der Waals surface area contributed by atoms with Crippen LogP contribution < -0.4 is 5.32 Å². The van der Waals surface area contributed by atoms with E-state index in [0.717, 1.165) is 6.07 Å². The first-order valence-corrected chi connectivity index (χ1v) is 9.53. The van der Waals surface area contributed by atoms with Crippen molar-refractivity contribution in [2.75, 3.05) is 12.3 Å². The molecular weight excluding hydrogens is 348 g/mol. The maximum atomic E-state index is 13.1. The van der Waals surface area contributed by atoms with Crippen molar-refractivity contribution in [3.8, 4) is 0 Å². The van der Waals surface area contributed by atoms with E-state index in [1.54, 1.807) is 19.1 Å². The molecule has 2 aromatic carbocycles. The summed E-state index contributed by atoms with van der Waals surface area (Å²) in [6, 6.07) is 9.15. The summed E-state index contributed by atoms with van der Waals surface area (Å²) in [6.45, 7) is 1.88. The topological polar surface area (TPSA) is 63.2 Å². The van der Waals surface area contributed by atoms with Crippen LogP contribution in [0, 0.1) is 11.6 Å². The molecule has 0 radical (unpaired) electrons. The molecule has 0 spiro atoms. The van der Waals surface area contributed by atoms with Crippen molar-refractivity contribution in [2.45, 2.75) is 24.7 Å². The fourth-order valence-electron chi connectivity index (χ4n) is 2.47. The highest BCUT2D eigenvalue weighted by Crippen LogP contribution is 2.18. The summed E-state index contributed by atoms with van der Waals surface area (Å²) >= 11 is 0. The van der Waals surface area contributed by atoms with E-state index in [9.17, 15) is 22.0 Å². The number of hydrogen-bond acceptors (Lipinski definition) is 3. The van der Waals surface area contributed by atoms with Crippen LogP contribution in [0.15, 0.2) is 47.4 Å². The third kappa shape index (κ3) is 5.09. The maximum Gasteiger partial charge on any atom is 0.252 e. The summed E-state index contributed by atoms with van der Waals surface area (Å²) < 4.78 is 50.8. The molecule has 0 fully saturated rings. The molecule has 1 amide bonds. The molecule has 7 heteroatoms.